The second kappa shape index (κ2) is 5.64. The summed E-state index contributed by atoms with van der Waals surface area (Å²) in [4.78, 5) is 2.21. The second-order valence-electron chi connectivity index (χ2n) is 3.39. The number of aromatic hydroxyl groups is 1. The number of phenolic OH excluding ortho intramolecular Hbond substituents is 1. The van der Waals surface area contributed by atoms with Gasteiger partial charge in [-0.05, 0) is 65.1 Å². The molecule has 0 aliphatic rings. The molecule has 88 valence electrons. The van der Waals surface area contributed by atoms with Crippen molar-refractivity contribution in [3.05, 3.63) is 46.0 Å². The van der Waals surface area contributed by atoms with Crippen molar-refractivity contribution in [2.45, 2.75) is 9.79 Å². The number of rotatable bonds is 3. The molecule has 0 aromatic heterocycles. The monoisotopic (exact) mass is 358 g/mol. The summed E-state index contributed by atoms with van der Waals surface area (Å²) in [6, 6.07) is 13.6. The Morgan fingerprint density at radius 2 is 1.71 bits per heavy atom. The highest BCUT2D eigenvalue weighted by Crippen LogP contribution is 2.34. The van der Waals surface area contributed by atoms with Gasteiger partial charge in [-0.1, -0.05) is 11.8 Å². The van der Waals surface area contributed by atoms with Gasteiger partial charge in [0.1, 0.15) is 0 Å². The Morgan fingerprint density at radius 1 is 1.06 bits per heavy atom. The molecule has 0 amide bonds. The molecule has 0 bridgehead atoms. The number of ether oxygens (including phenoxy) is 1. The van der Waals surface area contributed by atoms with E-state index < -0.39 is 0 Å². The standard InChI is InChI=1S/C13H11IO2S/c1-16-13-8-11(6-7-12(13)15)17-10-4-2-9(14)3-5-10/h2-8,15H,1H3. The second-order valence-corrected chi connectivity index (χ2v) is 5.78. The lowest BCUT2D eigenvalue weighted by Crippen LogP contribution is -1.84. The summed E-state index contributed by atoms with van der Waals surface area (Å²) < 4.78 is 6.30. The summed E-state index contributed by atoms with van der Waals surface area (Å²) in [5.41, 5.74) is 0. The number of methoxy groups -OCH3 is 1. The lowest BCUT2D eigenvalue weighted by Gasteiger charge is -2.06. The van der Waals surface area contributed by atoms with Crippen molar-refractivity contribution < 1.29 is 9.84 Å². The molecule has 4 heteroatoms. The Balaban J connectivity index is 2.21. The summed E-state index contributed by atoms with van der Waals surface area (Å²) in [7, 11) is 1.55. The molecule has 0 radical (unpaired) electrons. The van der Waals surface area contributed by atoms with E-state index in [4.69, 9.17) is 4.74 Å². The van der Waals surface area contributed by atoms with Gasteiger partial charge in [0.05, 0.1) is 7.11 Å². The van der Waals surface area contributed by atoms with Crippen LogP contribution in [-0.2, 0) is 0 Å². The predicted molar refractivity (Wildman–Crippen MR) is 77.9 cm³/mol. The van der Waals surface area contributed by atoms with Gasteiger partial charge in [-0.2, -0.15) is 0 Å². The van der Waals surface area contributed by atoms with Crippen LogP contribution >= 0.6 is 34.4 Å². The summed E-state index contributed by atoms with van der Waals surface area (Å²) in [6.45, 7) is 0. The van der Waals surface area contributed by atoms with Crippen molar-refractivity contribution in [2.75, 3.05) is 7.11 Å². The normalized spacial score (nSPS) is 10.2. The van der Waals surface area contributed by atoms with Crippen LogP contribution in [0.3, 0.4) is 0 Å². The molecule has 0 saturated carbocycles. The minimum absolute atomic E-state index is 0.166. The van der Waals surface area contributed by atoms with E-state index >= 15 is 0 Å². The largest absolute Gasteiger partial charge is 0.504 e. The highest BCUT2D eigenvalue weighted by atomic mass is 127. The lowest BCUT2D eigenvalue weighted by molar-refractivity contribution is 0.372. The highest BCUT2D eigenvalue weighted by molar-refractivity contribution is 14.1. The Hall–Kier alpha value is -0.880. The fourth-order valence-electron chi connectivity index (χ4n) is 1.36. The van der Waals surface area contributed by atoms with Gasteiger partial charge >= 0.3 is 0 Å². The van der Waals surface area contributed by atoms with Crippen LogP contribution in [0, 0.1) is 3.57 Å². The van der Waals surface area contributed by atoms with Crippen LogP contribution in [0.4, 0.5) is 0 Å². The smallest absolute Gasteiger partial charge is 0.161 e. The third-order valence-corrected chi connectivity index (χ3v) is 3.92. The first-order valence-electron chi connectivity index (χ1n) is 4.99. The van der Waals surface area contributed by atoms with E-state index in [1.165, 1.54) is 3.57 Å². The van der Waals surface area contributed by atoms with Crippen LogP contribution in [-0.4, -0.2) is 12.2 Å². The van der Waals surface area contributed by atoms with E-state index in [9.17, 15) is 5.11 Å². The average molecular weight is 358 g/mol. The van der Waals surface area contributed by atoms with Crippen LogP contribution < -0.4 is 4.74 Å². The molecule has 2 nitrogen and oxygen atoms in total. The van der Waals surface area contributed by atoms with Crippen LogP contribution in [0.1, 0.15) is 0 Å². The Morgan fingerprint density at radius 3 is 2.35 bits per heavy atom. The predicted octanol–water partition coefficient (Wildman–Crippen LogP) is 4.16. The maximum Gasteiger partial charge on any atom is 0.161 e. The van der Waals surface area contributed by atoms with E-state index in [0.29, 0.717) is 5.75 Å². The molecule has 0 spiro atoms. The molecule has 0 heterocycles. The van der Waals surface area contributed by atoms with Crippen molar-refractivity contribution >= 4 is 34.4 Å². The van der Waals surface area contributed by atoms with Gasteiger partial charge in [0, 0.05) is 13.4 Å². The van der Waals surface area contributed by atoms with E-state index in [0.717, 1.165) is 9.79 Å². The van der Waals surface area contributed by atoms with Crippen molar-refractivity contribution in [2.24, 2.45) is 0 Å². The van der Waals surface area contributed by atoms with E-state index in [2.05, 4.69) is 46.9 Å². The molecule has 0 unspecified atom stereocenters. The molecule has 0 aliphatic carbocycles. The highest BCUT2D eigenvalue weighted by Gasteiger charge is 2.04. The third-order valence-electron chi connectivity index (χ3n) is 2.20. The molecule has 0 saturated heterocycles. The first-order chi connectivity index (χ1) is 8.19. The zero-order valence-corrected chi connectivity index (χ0v) is 12.2. The molecule has 0 aliphatic heterocycles. The number of hydrogen-bond acceptors (Lipinski definition) is 3. The Bertz CT molecular complexity index is 511. The lowest BCUT2D eigenvalue weighted by atomic mass is 10.3. The molecule has 2 aromatic rings. The molecule has 2 rings (SSSR count). The van der Waals surface area contributed by atoms with Gasteiger partial charge in [-0.25, -0.2) is 0 Å². The number of phenols is 1. The Kier molecular flexibility index (Phi) is 4.17. The fourth-order valence-corrected chi connectivity index (χ4v) is 2.57. The topological polar surface area (TPSA) is 29.5 Å². The van der Waals surface area contributed by atoms with Crippen molar-refractivity contribution in [3.8, 4) is 11.5 Å². The van der Waals surface area contributed by atoms with Gasteiger partial charge in [0.25, 0.3) is 0 Å². The van der Waals surface area contributed by atoms with Gasteiger partial charge in [0.2, 0.25) is 0 Å². The summed E-state index contributed by atoms with van der Waals surface area (Å²) in [5, 5.41) is 9.50. The number of benzene rings is 2. The summed E-state index contributed by atoms with van der Waals surface area (Å²) >= 11 is 3.92. The van der Waals surface area contributed by atoms with Gasteiger partial charge in [-0.15, -0.1) is 0 Å². The van der Waals surface area contributed by atoms with Crippen LogP contribution in [0.2, 0.25) is 0 Å². The third kappa shape index (κ3) is 3.29. The van der Waals surface area contributed by atoms with Crippen molar-refractivity contribution in [1.82, 2.24) is 0 Å². The number of halogens is 1. The number of hydrogen-bond donors (Lipinski definition) is 1. The fraction of sp³-hybridized carbons (Fsp3) is 0.0769. The first-order valence-corrected chi connectivity index (χ1v) is 6.89. The molecule has 1 N–H and O–H groups in total. The minimum atomic E-state index is 0.166. The zero-order valence-electron chi connectivity index (χ0n) is 9.18. The molecule has 17 heavy (non-hydrogen) atoms. The van der Waals surface area contributed by atoms with Crippen LogP contribution in [0.25, 0.3) is 0 Å². The SMILES string of the molecule is COc1cc(Sc2ccc(I)cc2)ccc1O. The quantitative estimate of drug-likeness (QED) is 0.836. The average Bonchev–Trinajstić information content (AvgIpc) is 2.34. The van der Waals surface area contributed by atoms with Gasteiger partial charge in [-0.3, -0.25) is 0 Å². The van der Waals surface area contributed by atoms with Crippen molar-refractivity contribution in [3.63, 3.8) is 0 Å². The van der Waals surface area contributed by atoms with Crippen LogP contribution in [0.5, 0.6) is 11.5 Å². The zero-order chi connectivity index (χ0) is 12.3. The molecule has 0 atom stereocenters. The molecule has 2 aromatic carbocycles. The van der Waals surface area contributed by atoms with Crippen molar-refractivity contribution in [1.29, 1.82) is 0 Å². The first kappa shape index (κ1) is 12.6. The van der Waals surface area contributed by atoms with Gasteiger partial charge < -0.3 is 9.84 Å². The van der Waals surface area contributed by atoms with E-state index in [-0.39, 0.29) is 5.75 Å². The summed E-state index contributed by atoms with van der Waals surface area (Å²) in [5.74, 6) is 0.667. The van der Waals surface area contributed by atoms with Gasteiger partial charge in [0.15, 0.2) is 11.5 Å². The maximum absolute atomic E-state index is 9.50. The maximum atomic E-state index is 9.50. The molecule has 0 fully saturated rings. The Labute approximate surface area is 118 Å². The van der Waals surface area contributed by atoms with Crippen LogP contribution in [0.15, 0.2) is 52.3 Å². The van der Waals surface area contributed by atoms with E-state index in [1.54, 1.807) is 24.9 Å². The minimum Gasteiger partial charge on any atom is -0.504 e. The molecular formula is C13H11IO2S. The molecular weight excluding hydrogens is 347 g/mol. The summed E-state index contributed by atoms with van der Waals surface area (Å²) in [6.07, 6.45) is 0. The van der Waals surface area contributed by atoms with E-state index in [1.807, 2.05) is 12.1 Å².